The number of aryl methyl sites for hydroxylation is 1. The first-order chi connectivity index (χ1) is 11.4. The van der Waals surface area contributed by atoms with Gasteiger partial charge in [0.25, 0.3) is 10.0 Å². The van der Waals surface area contributed by atoms with Crippen LogP contribution in [-0.4, -0.2) is 20.4 Å². The van der Waals surface area contributed by atoms with Crippen molar-refractivity contribution in [3.8, 4) is 0 Å². The summed E-state index contributed by atoms with van der Waals surface area (Å²) < 4.78 is 27.9. The summed E-state index contributed by atoms with van der Waals surface area (Å²) in [4.78, 5) is 13.9. The minimum atomic E-state index is -3.71. The van der Waals surface area contributed by atoms with Crippen LogP contribution in [0.15, 0.2) is 53.4 Å². The maximum Gasteiger partial charge on any atom is 0.261 e. The van der Waals surface area contributed by atoms with Gasteiger partial charge in [0.05, 0.1) is 16.3 Å². The Morgan fingerprint density at radius 1 is 1.08 bits per heavy atom. The van der Waals surface area contributed by atoms with Gasteiger partial charge in [-0.05, 0) is 44.0 Å². The SMILES string of the molecule is CC(=O)N(c1ccccc1NS(=O)(=O)c1ccc(C)cc1)C1CC1. The van der Waals surface area contributed by atoms with Gasteiger partial charge in [-0.3, -0.25) is 9.52 Å². The van der Waals surface area contributed by atoms with E-state index in [4.69, 9.17) is 0 Å². The number of anilines is 2. The van der Waals surface area contributed by atoms with Gasteiger partial charge in [0.2, 0.25) is 5.91 Å². The van der Waals surface area contributed by atoms with Crippen molar-refractivity contribution in [3.05, 3.63) is 54.1 Å². The zero-order chi connectivity index (χ0) is 17.3. The number of nitrogens with one attached hydrogen (secondary N) is 1. The summed E-state index contributed by atoms with van der Waals surface area (Å²) in [6, 6.07) is 13.8. The van der Waals surface area contributed by atoms with Gasteiger partial charge in [0, 0.05) is 13.0 Å². The fraction of sp³-hybridized carbons (Fsp3) is 0.278. The number of nitrogens with zero attached hydrogens (tertiary/aromatic N) is 1. The largest absolute Gasteiger partial charge is 0.308 e. The number of carbonyl (C=O) groups excluding carboxylic acids is 1. The number of benzene rings is 2. The third-order valence-electron chi connectivity index (χ3n) is 3.99. The Kier molecular flexibility index (Phi) is 4.32. The molecular formula is C18H20N2O3S. The molecule has 0 aliphatic heterocycles. The molecule has 1 fully saturated rings. The molecule has 6 heteroatoms. The van der Waals surface area contributed by atoms with Crippen molar-refractivity contribution < 1.29 is 13.2 Å². The second-order valence-corrected chi connectivity index (χ2v) is 7.74. The molecule has 0 saturated heterocycles. The molecule has 0 bridgehead atoms. The minimum Gasteiger partial charge on any atom is -0.308 e. The first-order valence-electron chi connectivity index (χ1n) is 7.87. The molecule has 126 valence electrons. The molecule has 0 atom stereocenters. The number of hydrogen-bond acceptors (Lipinski definition) is 3. The van der Waals surface area contributed by atoms with Crippen molar-refractivity contribution in [2.45, 2.75) is 37.6 Å². The quantitative estimate of drug-likeness (QED) is 0.905. The van der Waals surface area contributed by atoms with Crippen LogP contribution in [0.2, 0.25) is 0 Å². The Bertz CT molecular complexity index is 856. The van der Waals surface area contributed by atoms with Crippen LogP contribution in [0, 0.1) is 6.92 Å². The van der Waals surface area contributed by atoms with Gasteiger partial charge in [-0.2, -0.15) is 0 Å². The van der Waals surface area contributed by atoms with Crippen molar-refractivity contribution in [1.29, 1.82) is 0 Å². The standard InChI is InChI=1S/C18H20N2O3S/c1-13-7-11-16(12-8-13)24(22,23)19-17-5-3-4-6-18(17)20(14(2)21)15-9-10-15/h3-8,11-12,15,19H,9-10H2,1-2H3. The fourth-order valence-electron chi connectivity index (χ4n) is 2.65. The molecule has 1 N–H and O–H groups in total. The monoisotopic (exact) mass is 344 g/mol. The molecule has 1 aliphatic rings. The van der Waals surface area contributed by atoms with E-state index in [1.165, 1.54) is 6.92 Å². The van der Waals surface area contributed by atoms with E-state index in [9.17, 15) is 13.2 Å². The molecule has 1 aliphatic carbocycles. The van der Waals surface area contributed by atoms with E-state index in [1.807, 2.05) is 6.92 Å². The van der Waals surface area contributed by atoms with Gasteiger partial charge in [-0.15, -0.1) is 0 Å². The molecule has 3 rings (SSSR count). The highest BCUT2D eigenvalue weighted by Crippen LogP contribution is 2.36. The van der Waals surface area contributed by atoms with Gasteiger partial charge in [0.1, 0.15) is 0 Å². The van der Waals surface area contributed by atoms with Crippen LogP contribution >= 0.6 is 0 Å². The van der Waals surface area contributed by atoms with Crippen molar-refractivity contribution >= 4 is 27.3 Å². The normalized spacial score (nSPS) is 14.2. The molecule has 0 radical (unpaired) electrons. The molecule has 24 heavy (non-hydrogen) atoms. The van der Waals surface area contributed by atoms with Crippen LogP contribution in [-0.2, 0) is 14.8 Å². The van der Waals surface area contributed by atoms with E-state index in [0.29, 0.717) is 11.4 Å². The van der Waals surface area contributed by atoms with Crippen molar-refractivity contribution in [2.75, 3.05) is 9.62 Å². The molecule has 2 aromatic rings. The summed E-state index contributed by atoms with van der Waals surface area (Å²) in [5, 5.41) is 0. The minimum absolute atomic E-state index is 0.0838. The Morgan fingerprint density at radius 3 is 2.29 bits per heavy atom. The molecule has 1 saturated carbocycles. The lowest BCUT2D eigenvalue weighted by molar-refractivity contribution is -0.116. The zero-order valence-corrected chi connectivity index (χ0v) is 14.5. The Labute approximate surface area is 142 Å². The average Bonchev–Trinajstić information content (AvgIpc) is 3.34. The summed E-state index contributed by atoms with van der Waals surface area (Å²) in [5.74, 6) is -0.0838. The molecule has 1 amide bonds. The lowest BCUT2D eigenvalue weighted by atomic mass is 10.2. The van der Waals surface area contributed by atoms with Crippen LogP contribution in [0.1, 0.15) is 25.3 Å². The van der Waals surface area contributed by atoms with Crippen molar-refractivity contribution in [3.63, 3.8) is 0 Å². The highest BCUT2D eigenvalue weighted by Gasteiger charge is 2.33. The summed E-state index contributed by atoms with van der Waals surface area (Å²) in [6.07, 6.45) is 1.89. The predicted molar refractivity (Wildman–Crippen MR) is 94.6 cm³/mol. The molecule has 2 aromatic carbocycles. The van der Waals surface area contributed by atoms with E-state index in [0.717, 1.165) is 18.4 Å². The van der Waals surface area contributed by atoms with Gasteiger partial charge >= 0.3 is 0 Å². The number of sulfonamides is 1. The summed E-state index contributed by atoms with van der Waals surface area (Å²) in [5.41, 5.74) is 2.01. The highest BCUT2D eigenvalue weighted by atomic mass is 32.2. The van der Waals surface area contributed by atoms with Crippen LogP contribution < -0.4 is 9.62 Å². The molecular weight excluding hydrogens is 324 g/mol. The number of para-hydroxylation sites is 2. The van der Waals surface area contributed by atoms with Gasteiger partial charge in [0.15, 0.2) is 0 Å². The summed E-state index contributed by atoms with van der Waals surface area (Å²) >= 11 is 0. The lowest BCUT2D eigenvalue weighted by Gasteiger charge is -2.24. The number of amides is 1. The first-order valence-corrected chi connectivity index (χ1v) is 9.35. The maximum absolute atomic E-state index is 12.6. The van der Waals surface area contributed by atoms with Crippen molar-refractivity contribution in [2.24, 2.45) is 0 Å². The Morgan fingerprint density at radius 2 is 1.71 bits per heavy atom. The highest BCUT2D eigenvalue weighted by molar-refractivity contribution is 7.92. The summed E-state index contributed by atoms with van der Waals surface area (Å²) in [6.45, 7) is 3.41. The second kappa shape index (κ2) is 6.28. The fourth-order valence-corrected chi connectivity index (χ4v) is 3.72. The molecule has 0 unspecified atom stereocenters. The van der Waals surface area contributed by atoms with Gasteiger partial charge in [-0.25, -0.2) is 8.42 Å². The van der Waals surface area contributed by atoms with E-state index in [1.54, 1.807) is 53.4 Å². The van der Waals surface area contributed by atoms with Crippen LogP contribution in [0.25, 0.3) is 0 Å². The molecule has 0 heterocycles. The van der Waals surface area contributed by atoms with E-state index < -0.39 is 10.0 Å². The molecule has 0 aromatic heterocycles. The molecule has 5 nitrogen and oxygen atoms in total. The lowest BCUT2D eigenvalue weighted by Crippen LogP contribution is -2.31. The Balaban J connectivity index is 1.95. The maximum atomic E-state index is 12.6. The van der Waals surface area contributed by atoms with E-state index >= 15 is 0 Å². The number of rotatable bonds is 5. The van der Waals surface area contributed by atoms with Gasteiger partial charge < -0.3 is 4.90 Å². The van der Waals surface area contributed by atoms with E-state index in [2.05, 4.69) is 4.72 Å². The van der Waals surface area contributed by atoms with E-state index in [-0.39, 0.29) is 16.8 Å². The number of carbonyl (C=O) groups is 1. The summed E-state index contributed by atoms with van der Waals surface area (Å²) in [7, 11) is -3.71. The Hall–Kier alpha value is -2.34. The average molecular weight is 344 g/mol. The predicted octanol–water partition coefficient (Wildman–Crippen LogP) is 3.31. The zero-order valence-electron chi connectivity index (χ0n) is 13.7. The first kappa shape index (κ1) is 16.5. The second-order valence-electron chi connectivity index (χ2n) is 6.06. The third kappa shape index (κ3) is 3.43. The number of hydrogen-bond donors (Lipinski definition) is 1. The molecule has 0 spiro atoms. The van der Waals surface area contributed by atoms with Crippen molar-refractivity contribution in [1.82, 2.24) is 0 Å². The smallest absolute Gasteiger partial charge is 0.261 e. The van der Waals surface area contributed by atoms with Crippen LogP contribution in [0.4, 0.5) is 11.4 Å². The van der Waals surface area contributed by atoms with Gasteiger partial charge in [-0.1, -0.05) is 29.8 Å². The topological polar surface area (TPSA) is 66.5 Å². The third-order valence-corrected chi connectivity index (χ3v) is 5.37. The van der Waals surface area contributed by atoms with Crippen LogP contribution in [0.3, 0.4) is 0 Å². The van der Waals surface area contributed by atoms with Crippen LogP contribution in [0.5, 0.6) is 0 Å².